The van der Waals surface area contributed by atoms with Crippen molar-refractivity contribution in [2.45, 2.75) is 32.9 Å². The van der Waals surface area contributed by atoms with Gasteiger partial charge in [-0.05, 0) is 19.1 Å². The van der Waals surface area contributed by atoms with Gasteiger partial charge in [-0.2, -0.15) is 4.98 Å². The van der Waals surface area contributed by atoms with Crippen LogP contribution in [0.3, 0.4) is 0 Å². The first-order valence-corrected chi connectivity index (χ1v) is 5.42. The number of aromatic nitrogens is 3. The largest absolute Gasteiger partial charge is 0.341 e. The Morgan fingerprint density at radius 3 is 3.00 bits per heavy atom. The van der Waals surface area contributed by atoms with E-state index >= 15 is 0 Å². The van der Waals surface area contributed by atoms with Crippen LogP contribution in [0.15, 0.2) is 22.9 Å². The Kier molecular flexibility index (Phi) is 3.05. The van der Waals surface area contributed by atoms with Gasteiger partial charge in [-0.15, -0.1) is 0 Å². The predicted molar refractivity (Wildman–Crippen MR) is 59.8 cm³/mol. The van der Waals surface area contributed by atoms with E-state index in [-0.39, 0.29) is 6.04 Å². The molecule has 2 aromatic rings. The molecule has 0 bridgehead atoms. The van der Waals surface area contributed by atoms with E-state index in [4.69, 9.17) is 10.3 Å². The van der Waals surface area contributed by atoms with Crippen LogP contribution in [-0.2, 0) is 13.0 Å². The molecule has 2 rings (SSSR count). The Balaban J connectivity index is 2.17. The number of hydrogen-bond acceptors (Lipinski definition) is 4. The van der Waals surface area contributed by atoms with Crippen LogP contribution in [0.5, 0.6) is 0 Å². The Morgan fingerprint density at radius 2 is 2.38 bits per heavy atom. The minimum Gasteiger partial charge on any atom is -0.341 e. The molecule has 0 spiro atoms. The van der Waals surface area contributed by atoms with Gasteiger partial charge in [0, 0.05) is 24.4 Å². The van der Waals surface area contributed by atoms with Crippen molar-refractivity contribution in [2.75, 3.05) is 0 Å². The SMILES string of the molecule is CCc1noc(Cn2cccc2C(C)N)n1. The normalized spacial score (nSPS) is 12.9. The molecule has 0 aromatic carbocycles. The third kappa shape index (κ3) is 2.14. The summed E-state index contributed by atoms with van der Waals surface area (Å²) in [5.74, 6) is 1.36. The maximum atomic E-state index is 5.86. The third-order valence-corrected chi connectivity index (χ3v) is 2.46. The van der Waals surface area contributed by atoms with E-state index in [2.05, 4.69) is 10.1 Å². The summed E-state index contributed by atoms with van der Waals surface area (Å²) >= 11 is 0. The van der Waals surface area contributed by atoms with Gasteiger partial charge in [-0.3, -0.25) is 0 Å². The van der Waals surface area contributed by atoms with Crippen LogP contribution in [0.25, 0.3) is 0 Å². The molecule has 0 aliphatic rings. The van der Waals surface area contributed by atoms with Gasteiger partial charge in [-0.1, -0.05) is 12.1 Å². The quantitative estimate of drug-likeness (QED) is 0.847. The van der Waals surface area contributed by atoms with Crippen molar-refractivity contribution in [1.82, 2.24) is 14.7 Å². The molecule has 1 atom stereocenters. The molecule has 2 N–H and O–H groups in total. The number of rotatable bonds is 4. The average molecular weight is 220 g/mol. The van der Waals surface area contributed by atoms with Crippen LogP contribution >= 0.6 is 0 Å². The van der Waals surface area contributed by atoms with Gasteiger partial charge < -0.3 is 14.8 Å². The molecule has 0 saturated heterocycles. The Labute approximate surface area is 94.3 Å². The van der Waals surface area contributed by atoms with Gasteiger partial charge in [0.05, 0.1) is 0 Å². The molecule has 0 radical (unpaired) electrons. The number of aryl methyl sites for hydroxylation is 1. The molecule has 5 nitrogen and oxygen atoms in total. The van der Waals surface area contributed by atoms with Gasteiger partial charge in [0.2, 0.25) is 5.89 Å². The fraction of sp³-hybridized carbons (Fsp3) is 0.455. The van der Waals surface area contributed by atoms with Crippen molar-refractivity contribution in [1.29, 1.82) is 0 Å². The van der Waals surface area contributed by atoms with Crippen LogP contribution in [0, 0.1) is 0 Å². The molecule has 0 aliphatic carbocycles. The highest BCUT2D eigenvalue weighted by Crippen LogP contribution is 2.12. The standard InChI is InChI=1S/C11H16N4O/c1-3-10-13-11(16-14-10)7-15-6-4-5-9(15)8(2)12/h4-6,8H,3,7,12H2,1-2H3. The molecule has 0 fully saturated rings. The lowest BCUT2D eigenvalue weighted by Gasteiger charge is -2.09. The summed E-state index contributed by atoms with van der Waals surface area (Å²) in [7, 11) is 0. The van der Waals surface area contributed by atoms with E-state index in [1.54, 1.807) is 0 Å². The second kappa shape index (κ2) is 4.49. The fourth-order valence-corrected chi connectivity index (χ4v) is 1.63. The van der Waals surface area contributed by atoms with E-state index in [0.717, 1.165) is 17.9 Å². The van der Waals surface area contributed by atoms with Crippen LogP contribution in [0.1, 0.15) is 37.3 Å². The van der Waals surface area contributed by atoms with Crippen LogP contribution in [0.2, 0.25) is 0 Å². The van der Waals surface area contributed by atoms with Crippen molar-refractivity contribution < 1.29 is 4.52 Å². The molecule has 16 heavy (non-hydrogen) atoms. The minimum absolute atomic E-state index is 0.00330. The average Bonchev–Trinajstić information content (AvgIpc) is 2.87. The summed E-state index contributed by atoms with van der Waals surface area (Å²) in [6.07, 6.45) is 2.75. The third-order valence-electron chi connectivity index (χ3n) is 2.46. The minimum atomic E-state index is 0.00330. The molecule has 2 aromatic heterocycles. The van der Waals surface area contributed by atoms with Gasteiger partial charge >= 0.3 is 0 Å². The Hall–Kier alpha value is -1.62. The molecule has 0 amide bonds. The lowest BCUT2D eigenvalue weighted by molar-refractivity contribution is 0.364. The summed E-state index contributed by atoms with van der Waals surface area (Å²) in [6.45, 7) is 4.53. The van der Waals surface area contributed by atoms with E-state index in [1.807, 2.05) is 36.7 Å². The van der Waals surface area contributed by atoms with Crippen molar-refractivity contribution in [3.05, 3.63) is 35.7 Å². The zero-order valence-electron chi connectivity index (χ0n) is 9.55. The van der Waals surface area contributed by atoms with E-state index in [0.29, 0.717) is 12.4 Å². The highest BCUT2D eigenvalue weighted by molar-refractivity contribution is 5.11. The summed E-state index contributed by atoms with van der Waals surface area (Å²) in [5.41, 5.74) is 6.92. The lowest BCUT2D eigenvalue weighted by atomic mass is 10.2. The molecule has 0 aliphatic heterocycles. The molecule has 86 valence electrons. The maximum absolute atomic E-state index is 5.86. The van der Waals surface area contributed by atoms with Crippen LogP contribution in [0.4, 0.5) is 0 Å². The van der Waals surface area contributed by atoms with Crippen molar-refractivity contribution in [3.8, 4) is 0 Å². The van der Waals surface area contributed by atoms with Gasteiger partial charge in [0.15, 0.2) is 5.82 Å². The topological polar surface area (TPSA) is 69.9 Å². The first-order chi connectivity index (χ1) is 7.70. The second-order valence-corrected chi connectivity index (χ2v) is 3.81. The van der Waals surface area contributed by atoms with Crippen LogP contribution in [-0.4, -0.2) is 14.7 Å². The molecule has 2 heterocycles. The van der Waals surface area contributed by atoms with Gasteiger partial charge in [0.1, 0.15) is 6.54 Å². The maximum Gasteiger partial charge on any atom is 0.246 e. The van der Waals surface area contributed by atoms with Crippen molar-refractivity contribution >= 4 is 0 Å². The molecule has 1 unspecified atom stereocenters. The first-order valence-electron chi connectivity index (χ1n) is 5.42. The molecule has 0 saturated carbocycles. The summed E-state index contributed by atoms with van der Waals surface area (Å²) in [5, 5.41) is 3.86. The van der Waals surface area contributed by atoms with Gasteiger partial charge in [0.25, 0.3) is 0 Å². The van der Waals surface area contributed by atoms with E-state index in [1.165, 1.54) is 0 Å². The Morgan fingerprint density at radius 1 is 1.56 bits per heavy atom. The van der Waals surface area contributed by atoms with Crippen LogP contribution < -0.4 is 5.73 Å². The smallest absolute Gasteiger partial charge is 0.246 e. The zero-order chi connectivity index (χ0) is 11.5. The zero-order valence-corrected chi connectivity index (χ0v) is 9.55. The monoisotopic (exact) mass is 220 g/mol. The highest BCUT2D eigenvalue weighted by atomic mass is 16.5. The highest BCUT2D eigenvalue weighted by Gasteiger charge is 2.09. The van der Waals surface area contributed by atoms with E-state index < -0.39 is 0 Å². The predicted octanol–water partition coefficient (Wildman–Crippen LogP) is 1.50. The summed E-state index contributed by atoms with van der Waals surface area (Å²) in [6, 6.07) is 3.97. The number of hydrogen-bond donors (Lipinski definition) is 1. The number of nitrogens with two attached hydrogens (primary N) is 1. The summed E-state index contributed by atoms with van der Waals surface area (Å²) < 4.78 is 7.17. The van der Waals surface area contributed by atoms with Gasteiger partial charge in [-0.25, -0.2) is 0 Å². The Bertz CT molecular complexity index is 458. The lowest BCUT2D eigenvalue weighted by Crippen LogP contribution is -2.12. The molecular weight excluding hydrogens is 204 g/mol. The van der Waals surface area contributed by atoms with E-state index in [9.17, 15) is 0 Å². The first kappa shape index (κ1) is 10.9. The van der Waals surface area contributed by atoms with Crippen molar-refractivity contribution in [3.63, 3.8) is 0 Å². The van der Waals surface area contributed by atoms with Crippen molar-refractivity contribution in [2.24, 2.45) is 5.73 Å². The number of nitrogens with zero attached hydrogens (tertiary/aromatic N) is 3. The molecule has 5 heteroatoms. The second-order valence-electron chi connectivity index (χ2n) is 3.81. The fourth-order valence-electron chi connectivity index (χ4n) is 1.63. The molecular formula is C11H16N4O. The summed E-state index contributed by atoms with van der Waals surface area (Å²) in [4.78, 5) is 4.26.